The molecule has 0 aliphatic heterocycles. The smallest absolute Gasteiger partial charge is 0.339 e. The lowest BCUT2D eigenvalue weighted by Crippen LogP contribution is -2.10. The van der Waals surface area contributed by atoms with Crippen molar-refractivity contribution >= 4 is 10.1 Å². The number of aromatic nitrogens is 3. The third-order valence-electron chi connectivity index (χ3n) is 2.89. The zero-order valence-electron chi connectivity index (χ0n) is 11.4. The molecule has 6 nitrogen and oxygen atoms in total. The van der Waals surface area contributed by atoms with Gasteiger partial charge in [-0.25, -0.2) is 18.4 Å². The summed E-state index contributed by atoms with van der Waals surface area (Å²) in [6.07, 6.45) is 2.76. The first kappa shape index (κ1) is 15.1. The summed E-state index contributed by atoms with van der Waals surface area (Å²) in [6, 6.07) is 8.28. The lowest BCUT2D eigenvalue weighted by molar-refractivity contribution is 0.479. The molecule has 9 heteroatoms. The van der Waals surface area contributed by atoms with Crippen molar-refractivity contribution in [2.24, 2.45) is 0 Å². The molecule has 0 amide bonds. The Kier molecular flexibility index (Phi) is 3.78. The predicted molar refractivity (Wildman–Crippen MR) is 75.5 cm³/mol. The molecule has 0 saturated carbocycles. The Labute approximate surface area is 130 Å². The number of halogens is 2. The number of hydrogen-bond donors (Lipinski definition) is 0. The summed E-state index contributed by atoms with van der Waals surface area (Å²) >= 11 is 0. The molecule has 3 rings (SSSR count). The molecule has 1 aromatic heterocycles. The second-order valence-corrected chi connectivity index (χ2v) is 6.00. The molecule has 0 aliphatic carbocycles. The maximum Gasteiger partial charge on any atom is 0.339 e. The first-order chi connectivity index (χ1) is 11.0. The van der Waals surface area contributed by atoms with E-state index in [2.05, 4.69) is 10.1 Å². The average molecular weight is 337 g/mol. The molecule has 0 saturated heterocycles. The van der Waals surface area contributed by atoms with Gasteiger partial charge < -0.3 is 4.18 Å². The van der Waals surface area contributed by atoms with E-state index in [4.69, 9.17) is 4.18 Å². The Morgan fingerprint density at radius 3 is 2.57 bits per heavy atom. The van der Waals surface area contributed by atoms with Crippen LogP contribution in [-0.2, 0) is 10.1 Å². The molecule has 0 N–H and O–H groups in total. The zero-order chi connectivity index (χ0) is 16.4. The lowest BCUT2D eigenvalue weighted by atomic mass is 10.3. The van der Waals surface area contributed by atoms with Crippen LogP contribution < -0.4 is 4.18 Å². The third kappa shape index (κ3) is 3.19. The molecular formula is C14H9F2N3O3S. The Morgan fingerprint density at radius 1 is 1.04 bits per heavy atom. The van der Waals surface area contributed by atoms with E-state index in [-0.39, 0.29) is 5.75 Å². The molecule has 0 radical (unpaired) electrons. The molecule has 0 bridgehead atoms. The van der Waals surface area contributed by atoms with E-state index in [1.54, 1.807) is 12.1 Å². The first-order valence-electron chi connectivity index (χ1n) is 6.30. The predicted octanol–water partition coefficient (Wildman–Crippen LogP) is 2.31. The second-order valence-electron chi connectivity index (χ2n) is 4.45. The van der Waals surface area contributed by atoms with E-state index in [0.717, 1.165) is 12.1 Å². The SMILES string of the molecule is O=S(=O)(Oc1cccc(-n2cncn2)c1)c1ccc(F)c(F)c1. The van der Waals surface area contributed by atoms with Crippen molar-refractivity contribution in [1.82, 2.24) is 14.8 Å². The van der Waals surface area contributed by atoms with Gasteiger partial charge in [-0.15, -0.1) is 0 Å². The molecule has 23 heavy (non-hydrogen) atoms. The van der Waals surface area contributed by atoms with E-state index in [1.807, 2.05) is 0 Å². The number of hydrogen-bond acceptors (Lipinski definition) is 5. The van der Waals surface area contributed by atoms with Crippen LogP contribution in [0.15, 0.2) is 60.0 Å². The van der Waals surface area contributed by atoms with Gasteiger partial charge in [-0.3, -0.25) is 0 Å². The van der Waals surface area contributed by atoms with Gasteiger partial charge in [0, 0.05) is 6.07 Å². The van der Waals surface area contributed by atoms with Gasteiger partial charge in [0.05, 0.1) is 5.69 Å². The van der Waals surface area contributed by atoms with E-state index in [9.17, 15) is 17.2 Å². The van der Waals surface area contributed by atoms with Gasteiger partial charge in [0.1, 0.15) is 23.3 Å². The van der Waals surface area contributed by atoms with Crippen LogP contribution in [0.4, 0.5) is 8.78 Å². The summed E-state index contributed by atoms with van der Waals surface area (Å²) < 4.78 is 56.7. The molecule has 1 heterocycles. The van der Waals surface area contributed by atoms with Crippen molar-refractivity contribution in [1.29, 1.82) is 0 Å². The quantitative estimate of drug-likeness (QED) is 0.683. The van der Waals surface area contributed by atoms with Crippen LogP contribution in [-0.4, -0.2) is 23.2 Å². The van der Waals surface area contributed by atoms with Gasteiger partial charge in [-0.1, -0.05) is 6.07 Å². The summed E-state index contributed by atoms with van der Waals surface area (Å²) in [7, 11) is -4.29. The Bertz CT molecular complexity index is 944. The van der Waals surface area contributed by atoms with E-state index < -0.39 is 26.6 Å². The van der Waals surface area contributed by atoms with Crippen molar-refractivity contribution in [2.45, 2.75) is 4.90 Å². The van der Waals surface area contributed by atoms with Crippen LogP contribution in [0.2, 0.25) is 0 Å². The van der Waals surface area contributed by atoms with Crippen LogP contribution in [0.3, 0.4) is 0 Å². The Morgan fingerprint density at radius 2 is 1.87 bits per heavy atom. The van der Waals surface area contributed by atoms with Gasteiger partial charge in [0.2, 0.25) is 0 Å². The molecule has 0 spiro atoms. The van der Waals surface area contributed by atoms with Crippen molar-refractivity contribution in [2.75, 3.05) is 0 Å². The first-order valence-corrected chi connectivity index (χ1v) is 7.71. The van der Waals surface area contributed by atoms with Gasteiger partial charge >= 0.3 is 10.1 Å². The van der Waals surface area contributed by atoms with Crippen LogP contribution in [0, 0.1) is 11.6 Å². The maximum absolute atomic E-state index is 13.2. The molecule has 2 aromatic carbocycles. The zero-order valence-corrected chi connectivity index (χ0v) is 12.2. The summed E-state index contributed by atoms with van der Waals surface area (Å²) in [5.74, 6) is -2.41. The van der Waals surface area contributed by atoms with Gasteiger partial charge in [-0.2, -0.15) is 13.5 Å². The summed E-state index contributed by atoms with van der Waals surface area (Å²) in [6.45, 7) is 0. The molecule has 3 aromatic rings. The van der Waals surface area contributed by atoms with Gasteiger partial charge in [0.15, 0.2) is 11.6 Å². The van der Waals surface area contributed by atoms with Crippen LogP contribution in [0.25, 0.3) is 5.69 Å². The Balaban J connectivity index is 1.91. The van der Waals surface area contributed by atoms with Crippen molar-refractivity contribution in [3.8, 4) is 11.4 Å². The van der Waals surface area contributed by atoms with E-state index in [0.29, 0.717) is 11.8 Å². The highest BCUT2D eigenvalue weighted by Crippen LogP contribution is 2.22. The number of nitrogens with zero attached hydrogens (tertiary/aromatic N) is 3. The standard InChI is InChI=1S/C14H9F2N3O3S/c15-13-5-4-12(7-14(13)16)23(20,21)22-11-3-1-2-10(6-11)19-9-17-8-18-19/h1-9H. The average Bonchev–Trinajstić information content (AvgIpc) is 3.04. The fourth-order valence-electron chi connectivity index (χ4n) is 1.83. The Hall–Kier alpha value is -2.81. The van der Waals surface area contributed by atoms with Crippen LogP contribution in [0.5, 0.6) is 5.75 Å². The van der Waals surface area contributed by atoms with Gasteiger partial charge in [0.25, 0.3) is 0 Å². The van der Waals surface area contributed by atoms with Gasteiger partial charge in [-0.05, 0) is 30.3 Å². The summed E-state index contributed by atoms with van der Waals surface area (Å²) in [5, 5.41) is 3.91. The molecule has 0 unspecified atom stereocenters. The minimum absolute atomic E-state index is 0.00253. The van der Waals surface area contributed by atoms with Crippen LogP contribution in [0.1, 0.15) is 0 Å². The highest BCUT2D eigenvalue weighted by atomic mass is 32.2. The second kappa shape index (κ2) is 5.76. The fourth-order valence-corrected chi connectivity index (χ4v) is 2.76. The van der Waals surface area contributed by atoms with E-state index >= 15 is 0 Å². The monoisotopic (exact) mass is 337 g/mol. The van der Waals surface area contributed by atoms with E-state index in [1.165, 1.54) is 29.5 Å². The molecule has 0 aliphatic rings. The van der Waals surface area contributed by atoms with Crippen molar-refractivity contribution in [3.05, 3.63) is 66.8 Å². The van der Waals surface area contributed by atoms with Crippen molar-refractivity contribution < 1.29 is 21.4 Å². The third-order valence-corrected chi connectivity index (χ3v) is 4.13. The molecule has 0 atom stereocenters. The summed E-state index contributed by atoms with van der Waals surface area (Å²) in [4.78, 5) is 3.30. The number of rotatable bonds is 4. The van der Waals surface area contributed by atoms with Crippen molar-refractivity contribution in [3.63, 3.8) is 0 Å². The molecule has 118 valence electrons. The summed E-state index contributed by atoms with van der Waals surface area (Å²) in [5.41, 5.74) is 0.528. The highest BCUT2D eigenvalue weighted by Gasteiger charge is 2.19. The molecular weight excluding hydrogens is 328 g/mol. The largest absolute Gasteiger partial charge is 0.379 e. The highest BCUT2D eigenvalue weighted by molar-refractivity contribution is 7.87. The maximum atomic E-state index is 13.2. The minimum atomic E-state index is -4.29. The minimum Gasteiger partial charge on any atom is -0.379 e. The normalized spacial score (nSPS) is 11.4. The fraction of sp³-hybridized carbons (Fsp3) is 0. The molecule has 0 fully saturated rings. The topological polar surface area (TPSA) is 74.1 Å². The lowest BCUT2D eigenvalue weighted by Gasteiger charge is -2.08. The number of benzene rings is 2. The van der Waals surface area contributed by atoms with Crippen LogP contribution >= 0.6 is 0 Å².